The Morgan fingerprint density at radius 1 is 1.15 bits per heavy atom. The third-order valence-corrected chi connectivity index (χ3v) is 6.09. The third-order valence-electron chi connectivity index (χ3n) is 3.43. The van der Waals surface area contributed by atoms with Crippen molar-refractivity contribution in [3.8, 4) is 11.5 Å². The van der Waals surface area contributed by atoms with E-state index in [1.165, 1.54) is 37.4 Å². The van der Waals surface area contributed by atoms with Crippen LogP contribution in [0.3, 0.4) is 0 Å². The zero-order chi connectivity index (χ0) is 19.6. The molecule has 6 nitrogen and oxygen atoms in total. The standard InChI is InChI=1S/C17H12ClNO5S3/c1-23-13-7-2-10(9-15-16(20)19-17(25)26-15)8-14(13)24-27(21,22)12-5-3-11(18)4-6-12/h2-9H,1H3,(H,19,20,25). The first-order valence-electron chi connectivity index (χ1n) is 7.41. The van der Waals surface area contributed by atoms with Gasteiger partial charge in [0.25, 0.3) is 5.91 Å². The highest BCUT2D eigenvalue weighted by molar-refractivity contribution is 8.26. The Morgan fingerprint density at radius 3 is 2.44 bits per heavy atom. The van der Waals surface area contributed by atoms with Crippen molar-refractivity contribution in [3.63, 3.8) is 0 Å². The normalized spacial score (nSPS) is 15.7. The van der Waals surface area contributed by atoms with Gasteiger partial charge in [-0.05, 0) is 48.0 Å². The van der Waals surface area contributed by atoms with E-state index >= 15 is 0 Å². The van der Waals surface area contributed by atoms with Crippen molar-refractivity contribution in [2.24, 2.45) is 0 Å². The lowest BCUT2D eigenvalue weighted by molar-refractivity contribution is -0.115. The molecule has 1 aliphatic heterocycles. The van der Waals surface area contributed by atoms with Crippen molar-refractivity contribution in [2.45, 2.75) is 4.90 Å². The molecule has 1 fully saturated rings. The van der Waals surface area contributed by atoms with E-state index in [1.807, 2.05) is 0 Å². The molecule has 0 radical (unpaired) electrons. The molecule has 1 saturated heterocycles. The second kappa shape index (κ2) is 7.89. The predicted octanol–water partition coefficient (Wildman–Crippen LogP) is 3.61. The third kappa shape index (κ3) is 4.62. The summed E-state index contributed by atoms with van der Waals surface area (Å²) in [7, 11) is -2.69. The summed E-state index contributed by atoms with van der Waals surface area (Å²) in [5, 5.41) is 2.92. The van der Waals surface area contributed by atoms with Crippen LogP contribution in [0.5, 0.6) is 11.5 Å². The Kier molecular flexibility index (Phi) is 5.75. The van der Waals surface area contributed by atoms with Crippen LogP contribution in [0.25, 0.3) is 6.08 Å². The van der Waals surface area contributed by atoms with E-state index in [0.717, 1.165) is 11.8 Å². The van der Waals surface area contributed by atoms with Crippen LogP contribution >= 0.6 is 35.6 Å². The molecule has 2 aromatic carbocycles. The monoisotopic (exact) mass is 441 g/mol. The van der Waals surface area contributed by atoms with E-state index in [0.29, 0.717) is 19.8 Å². The molecule has 2 aromatic rings. The maximum Gasteiger partial charge on any atom is 0.339 e. The van der Waals surface area contributed by atoms with Gasteiger partial charge in [-0.15, -0.1) is 0 Å². The molecule has 1 heterocycles. The summed E-state index contributed by atoms with van der Waals surface area (Å²) < 4.78 is 35.8. The van der Waals surface area contributed by atoms with E-state index in [2.05, 4.69) is 5.32 Å². The van der Waals surface area contributed by atoms with Crippen LogP contribution in [0.15, 0.2) is 52.3 Å². The fourth-order valence-corrected chi connectivity index (χ4v) is 4.29. The summed E-state index contributed by atoms with van der Waals surface area (Å²) in [5.74, 6) is -0.0846. The van der Waals surface area contributed by atoms with Crippen molar-refractivity contribution < 1.29 is 22.1 Å². The average molecular weight is 442 g/mol. The maximum atomic E-state index is 12.5. The van der Waals surface area contributed by atoms with Crippen molar-refractivity contribution in [2.75, 3.05) is 7.11 Å². The summed E-state index contributed by atoms with van der Waals surface area (Å²) in [4.78, 5) is 12.1. The fraction of sp³-hybridized carbons (Fsp3) is 0.0588. The van der Waals surface area contributed by atoms with E-state index in [4.69, 9.17) is 32.7 Å². The lowest BCUT2D eigenvalue weighted by Gasteiger charge is -2.11. The van der Waals surface area contributed by atoms with Gasteiger partial charge < -0.3 is 14.2 Å². The lowest BCUT2D eigenvalue weighted by Crippen LogP contribution is -2.17. The Hall–Kier alpha value is -2.07. The van der Waals surface area contributed by atoms with E-state index in [9.17, 15) is 13.2 Å². The Balaban J connectivity index is 1.94. The van der Waals surface area contributed by atoms with Crippen molar-refractivity contribution in [1.29, 1.82) is 0 Å². The number of benzene rings is 2. The summed E-state index contributed by atoms with van der Waals surface area (Å²) in [5.41, 5.74) is 0.555. The van der Waals surface area contributed by atoms with E-state index in [-0.39, 0.29) is 22.3 Å². The van der Waals surface area contributed by atoms with Gasteiger partial charge in [-0.25, -0.2) is 0 Å². The molecular formula is C17H12ClNO5S3. The predicted molar refractivity (Wildman–Crippen MR) is 109 cm³/mol. The number of amides is 1. The number of ether oxygens (including phenoxy) is 1. The van der Waals surface area contributed by atoms with Crippen LogP contribution in [-0.4, -0.2) is 25.8 Å². The molecule has 0 atom stereocenters. The Labute approximate surface area is 170 Å². The minimum Gasteiger partial charge on any atom is -0.493 e. The second-order valence-corrected chi connectivity index (χ2v) is 8.96. The number of carbonyl (C=O) groups is 1. The quantitative estimate of drug-likeness (QED) is 0.431. The largest absolute Gasteiger partial charge is 0.493 e. The summed E-state index contributed by atoms with van der Waals surface area (Å²) in [6.45, 7) is 0. The van der Waals surface area contributed by atoms with Crippen molar-refractivity contribution in [3.05, 3.63) is 58.0 Å². The van der Waals surface area contributed by atoms with Gasteiger partial charge >= 0.3 is 10.1 Å². The molecule has 0 aromatic heterocycles. The van der Waals surface area contributed by atoms with E-state index in [1.54, 1.807) is 18.2 Å². The molecule has 1 amide bonds. The van der Waals surface area contributed by atoms with Crippen LogP contribution in [0.2, 0.25) is 5.02 Å². The highest BCUT2D eigenvalue weighted by Crippen LogP contribution is 2.33. The van der Waals surface area contributed by atoms with Gasteiger partial charge in [-0.1, -0.05) is 41.6 Å². The second-order valence-electron chi connectivity index (χ2n) is 5.25. The molecule has 3 rings (SSSR count). The SMILES string of the molecule is COc1ccc(C=C2SC(=S)NC2=O)cc1OS(=O)(=O)c1ccc(Cl)cc1. The van der Waals surface area contributed by atoms with Gasteiger partial charge in [0, 0.05) is 5.02 Å². The smallest absolute Gasteiger partial charge is 0.339 e. The molecule has 0 saturated carbocycles. The zero-order valence-corrected chi connectivity index (χ0v) is 17.0. The van der Waals surface area contributed by atoms with Gasteiger partial charge in [0.05, 0.1) is 12.0 Å². The number of thioether (sulfide) groups is 1. The van der Waals surface area contributed by atoms with E-state index < -0.39 is 10.1 Å². The fourth-order valence-electron chi connectivity index (χ4n) is 2.19. The molecule has 1 N–H and O–H groups in total. The van der Waals surface area contributed by atoms with Gasteiger partial charge in [-0.3, -0.25) is 4.79 Å². The molecule has 0 aliphatic carbocycles. The van der Waals surface area contributed by atoms with Gasteiger partial charge in [0.15, 0.2) is 11.5 Å². The van der Waals surface area contributed by atoms with Gasteiger partial charge in [-0.2, -0.15) is 8.42 Å². The molecule has 0 bridgehead atoms. The molecule has 140 valence electrons. The number of thiocarbonyl (C=S) groups is 1. The number of methoxy groups -OCH3 is 1. The first kappa shape index (κ1) is 19.7. The van der Waals surface area contributed by atoms with Gasteiger partial charge in [0.1, 0.15) is 9.22 Å². The minimum atomic E-state index is -4.09. The highest BCUT2D eigenvalue weighted by Gasteiger charge is 2.23. The number of hydrogen-bond acceptors (Lipinski definition) is 7. The van der Waals surface area contributed by atoms with Crippen LogP contribution in [0.1, 0.15) is 5.56 Å². The van der Waals surface area contributed by atoms with Crippen LogP contribution in [0, 0.1) is 0 Å². The number of nitrogens with one attached hydrogen (secondary N) is 1. The van der Waals surface area contributed by atoms with Crippen LogP contribution < -0.4 is 14.2 Å². The number of rotatable bonds is 5. The van der Waals surface area contributed by atoms with Gasteiger partial charge in [0.2, 0.25) is 0 Å². The van der Waals surface area contributed by atoms with Crippen molar-refractivity contribution >= 4 is 62.0 Å². The summed E-state index contributed by atoms with van der Waals surface area (Å²) >= 11 is 11.9. The number of carbonyl (C=O) groups excluding carboxylic acids is 1. The first-order chi connectivity index (χ1) is 12.8. The molecule has 0 unspecified atom stereocenters. The Bertz CT molecular complexity index is 1050. The van der Waals surface area contributed by atoms with Crippen molar-refractivity contribution in [1.82, 2.24) is 5.32 Å². The Morgan fingerprint density at radius 2 is 1.85 bits per heavy atom. The molecule has 1 aliphatic rings. The van der Waals surface area contributed by atoms with Crippen LogP contribution in [-0.2, 0) is 14.9 Å². The number of hydrogen-bond donors (Lipinski definition) is 1. The topological polar surface area (TPSA) is 81.7 Å². The highest BCUT2D eigenvalue weighted by atomic mass is 35.5. The average Bonchev–Trinajstić information content (AvgIpc) is 2.92. The first-order valence-corrected chi connectivity index (χ1v) is 10.4. The molecular weight excluding hydrogens is 430 g/mol. The number of halogens is 1. The zero-order valence-electron chi connectivity index (χ0n) is 13.8. The molecule has 27 heavy (non-hydrogen) atoms. The lowest BCUT2D eigenvalue weighted by atomic mass is 10.2. The molecule has 0 spiro atoms. The summed E-state index contributed by atoms with van der Waals surface area (Å²) in [6, 6.07) is 10.3. The molecule has 10 heteroatoms. The summed E-state index contributed by atoms with van der Waals surface area (Å²) in [6.07, 6.45) is 1.58. The van der Waals surface area contributed by atoms with Crippen LogP contribution in [0.4, 0.5) is 0 Å². The minimum absolute atomic E-state index is 0.00668. The maximum absolute atomic E-state index is 12.5.